The number of carbonyl (C=O) groups excluding carboxylic acids is 2. The zero-order valence-electron chi connectivity index (χ0n) is 14.6. The van der Waals surface area contributed by atoms with Crippen LogP contribution >= 0.6 is 11.3 Å². The van der Waals surface area contributed by atoms with E-state index in [0.29, 0.717) is 17.8 Å². The molecule has 5 nitrogen and oxygen atoms in total. The molecule has 0 spiro atoms. The molecule has 3 aromatic rings. The highest BCUT2D eigenvalue weighted by atomic mass is 32.1. The van der Waals surface area contributed by atoms with Crippen LogP contribution in [0.3, 0.4) is 0 Å². The number of thiazole rings is 1. The lowest BCUT2D eigenvalue weighted by Crippen LogP contribution is -2.19. The van der Waals surface area contributed by atoms with Gasteiger partial charge in [-0.1, -0.05) is 42.0 Å². The van der Waals surface area contributed by atoms with Crippen molar-refractivity contribution in [3.05, 3.63) is 70.7 Å². The van der Waals surface area contributed by atoms with Crippen LogP contribution in [0.2, 0.25) is 0 Å². The highest BCUT2D eigenvalue weighted by Crippen LogP contribution is 2.24. The minimum atomic E-state index is -0.251. The average Bonchev–Trinajstić information content (AvgIpc) is 3.14. The molecule has 0 aliphatic heterocycles. The van der Waals surface area contributed by atoms with Crippen LogP contribution in [0.25, 0.3) is 10.6 Å². The fraction of sp³-hybridized carbons (Fsp3) is 0.150. The third-order valence-electron chi connectivity index (χ3n) is 3.89. The van der Waals surface area contributed by atoms with E-state index in [4.69, 9.17) is 0 Å². The Kier molecular flexibility index (Phi) is 5.43. The number of nitrogens with zero attached hydrogens (tertiary/aromatic N) is 1. The highest BCUT2D eigenvalue weighted by molar-refractivity contribution is 7.13. The lowest BCUT2D eigenvalue weighted by molar-refractivity contribution is -0.119. The number of aromatic nitrogens is 1. The summed E-state index contributed by atoms with van der Waals surface area (Å²) in [5.41, 5.74) is 4.12. The molecular formula is C20H19N3O2S. The molecule has 132 valence electrons. The molecule has 1 heterocycles. The molecule has 2 N–H and O–H groups in total. The van der Waals surface area contributed by atoms with E-state index in [1.165, 1.54) is 16.9 Å². The molecule has 2 aromatic carbocycles. The molecule has 0 fully saturated rings. The topological polar surface area (TPSA) is 71.1 Å². The minimum Gasteiger partial charge on any atom is -0.359 e. The van der Waals surface area contributed by atoms with Gasteiger partial charge in [0.1, 0.15) is 10.7 Å². The van der Waals surface area contributed by atoms with E-state index in [1.54, 1.807) is 24.6 Å². The van der Waals surface area contributed by atoms with E-state index >= 15 is 0 Å². The Hall–Kier alpha value is -2.99. The number of aryl methyl sites for hydroxylation is 1. The average molecular weight is 365 g/mol. The monoisotopic (exact) mass is 365 g/mol. The lowest BCUT2D eigenvalue weighted by Gasteiger charge is -2.05. The zero-order valence-corrected chi connectivity index (χ0v) is 15.4. The Labute approximate surface area is 156 Å². The van der Waals surface area contributed by atoms with E-state index in [-0.39, 0.29) is 11.8 Å². The van der Waals surface area contributed by atoms with Gasteiger partial charge >= 0.3 is 0 Å². The molecule has 0 aliphatic carbocycles. The van der Waals surface area contributed by atoms with Gasteiger partial charge in [-0.3, -0.25) is 9.59 Å². The van der Waals surface area contributed by atoms with Crippen molar-refractivity contribution < 1.29 is 9.59 Å². The number of anilines is 1. The fourth-order valence-corrected chi connectivity index (χ4v) is 3.19. The molecule has 3 rings (SSSR count). The number of carbonyl (C=O) groups is 2. The van der Waals surface area contributed by atoms with Gasteiger partial charge in [-0.25, -0.2) is 4.98 Å². The summed E-state index contributed by atoms with van der Waals surface area (Å²) in [6.45, 7) is 2.03. The second-order valence-electron chi connectivity index (χ2n) is 5.90. The van der Waals surface area contributed by atoms with E-state index < -0.39 is 0 Å². The zero-order chi connectivity index (χ0) is 18.5. The summed E-state index contributed by atoms with van der Waals surface area (Å²) < 4.78 is 0. The highest BCUT2D eigenvalue weighted by Gasteiger charge is 2.12. The quantitative estimate of drug-likeness (QED) is 0.725. The van der Waals surface area contributed by atoms with Crippen LogP contribution in [0.4, 0.5) is 5.69 Å². The standard InChI is InChI=1S/C20H19N3O2S/c1-13-3-7-15(8-4-13)20-23-17(12-26-20)19(25)22-16-9-5-14(6-10-16)11-18(24)21-2/h3-10,12H,11H2,1-2H3,(H,21,24)(H,22,25). The molecule has 0 bridgehead atoms. The van der Waals surface area contributed by atoms with Crippen LogP contribution in [0.5, 0.6) is 0 Å². The largest absolute Gasteiger partial charge is 0.359 e. The number of hydrogen-bond donors (Lipinski definition) is 2. The molecule has 0 saturated carbocycles. The van der Waals surface area contributed by atoms with E-state index in [1.807, 2.05) is 43.3 Å². The summed E-state index contributed by atoms with van der Waals surface area (Å²) in [6.07, 6.45) is 0.316. The number of hydrogen-bond acceptors (Lipinski definition) is 4. The molecule has 6 heteroatoms. The molecule has 1 aromatic heterocycles. The summed E-state index contributed by atoms with van der Waals surface area (Å²) in [4.78, 5) is 28.2. The van der Waals surface area contributed by atoms with Crippen molar-refractivity contribution in [3.63, 3.8) is 0 Å². The van der Waals surface area contributed by atoms with Gasteiger partial charge in [0, 0.05) is 23.7 Å². The van der Waals surface area contributed by atoms with E-state index in [0.717, 1.165) is 16.1 Å². The second-order valence-corrected chi connectivity index (χ2v) is 6.76. The normalized spacial score (nSPS) is 10.4. The molecule has 0 radical (unpaired) electrons. The second kappa shape index (κ2) is 7.93. The van der Waals surface area contributed by atoms with Crippen LogP contribution in [0, 0.1) is 6.92 Å². The van der Waals surface area contributed by atoms with E-state index in [9.17, 15) is 9.59 Å². The molecule has 0 unspecified atom stereocenters. The number of rotatable bonds is 5. The predicted molar refractivity (Wildman–Crippen MR) is 104 cm³/mol. The first-order valence-corrected chi connectivity index (χ1v) is 9.06. The smallest absolute Gasteiger partial charge is 0.275 e. The van der Waals surface area contributed by atoms with Gasteiger partial charge in [-0.05, 0) is 24.6 Å². The number of nitrogens with one attached hydrogen (secondary N) is 2. The Bertz CT molecular complexity index is 915. The summed E-state index contributed by atoms with van der Waals surface area (Å²) in [5.74, 6) is -0.299. The van der Waals surface area contributed by atoms with E-state index in [2.05, 4.69) is 15.6 Å². The van der Waals surface area contributed by atoms with Crippen LogP contribution < -0.4 is 10.6 Å². The van der Waals surface area contributed by atoms with Crippen molar-refractivity contribution in [2.24, 2.45) is 0 Å². The third-order valence-corrected chi connectivity index (χ3v) is 4.78. The number of amides is 2. The van der Waals surface area contributed by atoms with Crippen molar-refractivity contribution in [2.75, 3.05) is 12.4 Å². The molecule has 26 heavy (non-hydrogen) atoms. The maximum atomic E-state index is 12.4. The summed E-state index contributed by atoms with van der Waals surface area (Å²) in [5, 5.41) is 7.99. The van der Waals surface area contributed by atoms with Gasteiger partial charge in [0.05, 0.1) is 6.42 Å². The van der Waals surface area contributed by atoms with Gasteiger partial charge in [-0.15, -0.1) is 11.3 Å². The lowest BCUT2D eigenvalue weighted by atomic mass is 10.1. The van der Waals surface area contributed by atoms with Gasteiger partial charge in [0.25, 0.3) is 5.91 Å². The Morgan fingerprint density at radius 1 is 1.04 bits per heavy atom. The molecule has 0 atom stereocenters. The Balaban J connectivity index is 1.66. The van der Waals surface area contributed by atoms with Gasteiger partial charge in [-0.2, -0.15) is 0 Å². The summed E-state index contributed by atoms with van der Waals surface area (Å²) in [7, 11) is 1.61. The van der Waals surface area contributed by atoms with Gasteiger partial charge in [0.2, 0.25) is 5.91 Å². The first-order valence-electron chi connectivity index (χ1n) is 8.18. The maximum absolute atomic E-state index is 12.4. The third kappa shape index (κ3) is 4.34. The Morgan fingerprint density at radius 2 is 1.73 bits per heavy atom. The maximum Gasteiger partial charge on any atom is 0.275 e. The van der Waals surface area contributed by atoms with Crippen molar-refractivity contribution in [2.45, 2.75) is 13.3 Å². The van der Waals surface area contributed by atoms with Crippen molar-refractivity contribution in [1.29, 1.82) is 0 Å². The number of likely N-dealkylation sites (N-methyl/N-ethyl adjacent to an activating group) is 1. The Morgan fingerprint density at radius 3 is 2.38 bits per heavy atom. The summed E-state index contributed by atoms with van der Waals surface area (Å²) in [6, 6.07) is 15.3. The van der Waals surface area contributed by atoms with Crippen LogP contribution in [-0.4, -0.2) is 23.8 Å². The SMILES string of the molecule is CNC(=O)Cc1ccc(NC(=O)c2csc(-c3ccc(C)cc3)n2)cc1. The van der Waals surface area contributed by atoms with Crippen molar-refractivity contribution in [3.8, 4) is 10.6 Å². The molecule has 0 saturated heterocycles. The van der Waals surface area contributed by atoms with Crippen LogP contribution in [0.15, 0.2) is 53.9 Å². The van der Waals surface area contributed by atoms with Crippen molar-refractivity contribution in [1.82, 2.24) is 10.3 Å². The first kappa shape index (κ1) is 17.8. The van der Waals surface area contributed by atoms with Crippen molar-refractivity contribution >= 4 is 28.8 Å². The first-order chi connectivity index (χ1) is 12.5. The minimum absolute atomic E-state index is 0.0482. The predicted octanol–water partition coefficient (Wildman–Crippen LogP) is 3.66. The van der Waals surface area contributed by atoms with Gasteiger partial charge in [0.15, 0.2) is 0 Å². The summed E-state index contributed by atoms with van der Waals surface area (Å²) >= 11 is 1.44. The molecule has 2 amide bonds. The molecule has 0 aliphatic rings. The van der Waals surface area contributed by atoms with Crippen LogP contribution in [0.1, 0.15) is 21.6 Å². The van der Waals surface area contributed by atoms with Gasteiger partial charge < -0.3 is 10.6 Å². The van der Waals surface area contributed by atoms with Crippen LogP contribution in [-0.2, 0) is 11.2 Å². The fourth-order valence-electron chi connectivity index (χ4n) is 2.38. The number of benzene rings is 2. The molecular weight excluding hydrogens is 346 g/mol.